The number of hydrogen-bond acceptors (Lipinski definition) is 5. The maximum Gasteiger partial charge on any atom is 0.279 e. The zero-order chi connectivity index (χ0) is 19.2. The van der Waals surface area contributed by atoms with Crippen LogP contribution in [0.25, 0.3) is 0 Å². The van der Waals surface area contributed by atoms with Gasteiger partial charge in [0, 0.05) is 32.8 Å². The Morgan fingerprint density at radius 1 is 1.12 bits per heavy atom. The molecule has 0 aromatic heterocycles. The van der Waals surface area contributed by atoms with Crippen LogP contribution in [0, 0.1) is 6.92 Å². The summed E-state index contributed by atoms with van der Waals surface area (Å²) in [5.74, 6) is 0. The number of nitrogens with zero attached hydrogens (tertiary/aromatic N) is 1. The Morgan fingerprint density at radius 3 is 2.42 bits per heavy atom. The molecule has 0 saturated carbocycles. The Balaban J connectivity index is 1.78. The Morgan fingerprint density at radius 2 is 1.77 bits per heavy atom. The third-order valence-electron chi connectivity index (χ3n) is 4.25. The molecule has 1 saturated heterocycles. The first kappa shape index (κ1) is 21.3. The van der Waals surface area contributed by atoms with E-state index in [-0.39, 0.29) is 24.0 Å². The SMILES string of the molecule is COCC1CCCN1S(=O)(=O)NCCCNS(=O)(=O)c1ccc(C)cc1. The molecule has 26 heavy (non-hydrogen) atoms. The van der Waals surface area contributed by atoms with Crippen molar-refractivity contribution >= 4 is 20.2 Å². The molecule has 10 heteroatoms. The average Bonchev–Trinajstić information content (AvgIpc) is 3.04. The van der Waals surface area contributed by atoms with E-state index < -0.39 is 20.2 Å². The summed E-state index contributed by atoms with van der Waals surface area (Å²) in [5.41, 5.74) is 0.979. The Kier molecular flexibility index (Phi) is 7.56. The first-order valence-corrected chi connectivity index (χ1v) is 11.5. The molecule has 0 radical (unpaired) electrons. The van der Waals surface area contributed by atoms with Gasteiger partial charge in [-0.1, -0.05) is 17.7 Å². The van der Waals surface area contributed by atoms with Gasteiger partial charge in [0.15, 0.2) is 0 Å². The van der Waals surface area contributed by atoms with E-state index in [4.69, 9.17) is 4.74 Å². The predicted molar refractivity (Wildman–Crippen MR) is 99.5 cm³/mol. The van der Waals surface area contributed by atoms with Gasteiger partial charge in [-0.2, -0.15) is 12.7 Å². The van der Waals surface area contributed by atoms with Crippen molar-refractivity contribution in [3.63, 3.8) is 0 Å². The fourth-order valence-electron chi connectivity index (χ4n) is 2.86. The highest BCUT2D eigenvalue weighted by Crippen LogP contribution is 2.20. The Bertz CT molecular complexity index is 779. The van der Waals surface area contributed by atoms with Gasteiger partial charge in [-0.25, -0.2) is 17.9 Å². The van der Waals surface area contributed by atoms with Gasteiger partial charge in [-0.05, 0) is 38.3 Å². The molecule has 0 amide bonds. The largest absolute Gasteiger partial charge is 0.383 e. The molecule has 2 rings (SSSR count). The van der Waals surface area contributed by atoms with E-state index in [1.807, 2.05) is 6.92 Å². The van der Waals surface area contributed by atoms with E-state index in [0.717, 1.165) is 18.4 Å². The topological polar surface area (TPSA) is 105 Å². The van der Waals surface area contributed by atoms with Crippen LogP contribution in [0.4, 0.5) is 0 Å². The lowest BCUT2D eigenvalue weighted by Gasteiger charge is -2.23. The van der Waals surface area contributed by atoms with Gasteiger partial charge in [0.2, 0.25) is 10.0 Å². The molecular formula is C16H27N3O5S2. The van der Waals surface area contributed by atoms with Crippen molar-refractivity contribution in [2.75, 3.05) is 33.4 Å². The van der Waals surface area contributed by atoms with Crippen molar-refractivity contribution in [1.29, 1.82) is 0 Å². The van der Waals surface area contributed by atoms with E-state index in [9.17, 15) is 16.8 Å². The van der Waals surface area contributed by atoms with Crippen LogP contribution in [0.15, 0.2) is 29.2 Å². The fraction of sp³-hybridized carbons (Fsp3) is 0.625. The maximum absolute atomic E-state index is 12.4. The number of nitrogens with one attached hydrogen (secondary N) is 2. The summed E-state index contributed by atoms with van der Waals surface area (Å²) in [6, 6.07) is 6.41. The number of aryl methyl sites for hydroxylation is 1. The van der Waals surface area contributed by atoms with Crippen LogP contribution in [0.5, 0.6) is 0 Å². The average molecular weight is 406 g/mol. The number of rotatable bonds is 10. The summed E-state index contributed by atoms with van der Waals surface area (Å²) in [6.07, 6.45) is 1.95. The van der Waals surface area contributed by atoms with Crippen LogP contribution < -0.4 is 9.44 Å². The molecule has 1 atom stereocenters. The standard InChI is InChI=1S/C16H27N3O5S2/c1-14-6-8-16(9-7-14)25(20,21)17-10-4-11-18-26(22,23)19-12-3-5-15(19)13-24-2/h6-9,15,17-18H,3-5,10-13H2,1-2H3. The molecule has 148 valence electrons. The van der Waals surface area contributed by atoms with Crippen LogP contribution in [0.3, 0.4) is 0 Å². The third kappa shape index (κ3) is 5.73. The normalized spacial score (nSPS) is 19.1. The lowest BCUT2D eigenvalue weighted by molar-refractivity contribution is 0.148. The number of sulfonamides is 1. The molecule has 1 aromatic rings. The minimum absolute atomic E-state index is 0.141. The van der Waals surface area contributed by atoms with E-state index in [0.29, 0.717) is 19.6 Å². The van der Waals surface area contributed by atoms with Crippen molar-refractivity contribution < 1.29 is 21.6 Å². The molecule has 0 aliphatic carbocycles. The van der Waals surface area contributed by atoms with Gasteiger partial charge in [-0.15, -0.1) is 0 Å². The van der Waals surface area contributed by atoms with Crippen LogP contribution in [0.1, 0.15) is 24.8 Å². The number of benzene rings is 1. The number of ether oxygens (including phenoxy) is 1. The molecule has 1 heterocycles. The van der Waals surface area contributed by atoms with Crippen LogP contribution in [-0.4, -0.2) is 60.5 Å². The van der Waals surface area contributed by atoms with Crippen LogP contribution >= 0.6 is 0 Å². The summed E-state index contributed by atoms with van der Waals surface area (Å²) in [6.45, 7) is 3.04. The monoisotopic (exact) mass is 405 g/mol. The lowest BCUT2D eigenvalue weighted by Crippen LogP contribution is -2.45. The minimum atomic E-state index is -3.58. The van der Waals surface area contributed by atoms with Crippen molar-refractivity contribution in [1.82, 2.24) is 13.7 Å². The Labute approximate surface area is 156 Å². The predicted octanol–water partition coefficient (Wildman–Crippen LogP) is 0.609. The second kappa shape index (κ2) is 9.25. The van der Waals surface area contributed by atoms with Gasteiger partial charge in [0.05, 0.1) is 11.5 Å². The van der Waals surface area contributed by atoms with E-state index in [1.54, 1.807) is 31.4 Å². The molecule has 1 unspecified atom stereocenters. The zero-order valence-corrected chi connectivity index (χ0v) is 16.8. The van der Waals surface area contributed by atoms with Crippen molar-refractivity contribution in [2.45, 2.75) is 37.1 Å². The first-order chi connectivity index (χ1) is 12.3. The molecule has 0 bridgehead atoms. The highest BCUT2D eigenvalue weighted by molar-refractivity contribution is 7.89. The van der Waals surface area contributed by atoms with Gasteiger partial charge in [0.1, 0.15) is 0 Å². The molecule has 1 aromatic carbocycles. The number of hydrogen-bond donors (Lipinski definition) is 2. The van der Waals surface area contributed by atoms with Crippen LogP contribution in [0.2, 0.25) is 0 Å². The van der Waals surface area contributed by atoms with Gasteiger partial charge in [-0.3, -0.25) is 0 Å². The molecular weight excluding hydrogens is 378 g/mol. The fourth-order valence-corrected chi connectivity index (χ4v) is 5.43. The second-order valence-electron chi connectivity index (χ2n) is 6.33. The summed E-state index contributed by atoms with van der Waals surface area (Å²) in [7, 11) is -5.60. The molecule has 0 spiro atoms. The van der Waals surface area contributed by atoms with Crippen molar-refractivity contribution in [3.8, 4) is 0 Å². The highest BCUT2D eigenvalue weighted by atomic mass is 32.2. The van der Waals surface area contributed by atoms with Crippen molar-refractivity contribution in [3.05, 3.63) is 29.8 Å². The summed E-state index contributed by atoms with van der Waals surface area (Å²) in [5, 5.41) is 0. The summed E-state index contributed by atoms with van der Waals surface area (Å²) >= 11 is 0. The van der Waals surface area contributed by atoms with E-state index >= 15 is 0 Å². The van der Waals surface area contributed by atoms with E-state index in [1.165, 1.54) is 4.31 Å². The molecule has 1 aliphatic heterocycles. The zero-order valence-electron chi connectivity index (χ0n) is 15.1. The number of methoxy groups -OCH3 is 1. The maximum atomic E-state index is 12.4. The molecule has 1 aliphatic rings. The minimum Gasteiger partial charge on any atom is -0.383 e. The molecule has 1 fully saturated rings. The van der Waals surface area contributed by atoms with Gasteiger partial charge < -0.3 is 4.74 Å². The highest BCUT2D eigenvalue weighted by Gasteiger charge is 2.33. The van der Waals surface area contributed by atoms with Gasteiger partial charge >= 0.3 is 0 Å². The molecule has 8 nitrogen and oxygen atoms in total. The second-order valence-corrected chi connectivity index (χ2v) is 9.80. The van der Waals surface area contributed by atoms with Gasteiger partial charge in [0.25, 0.3) is 10.2 Å². The third-order valence-corrected chi connectivity index (χ3v) is 7.40. The first-order valence-electron chi connectivity index (χ1n) is 8.58. The Hall–Kier alpha value is -1.04. The summed E-state index contributed by atoms with van der Waals surface area (Å²) in [4.78, 5) is 0.197. The lowest BCUT2D eigenvalue weighted by atomic mass is 10.2. The quantitative estimate of drug-likeness (QED) is 0.555. The van der Waals surface area contributed by atoms with Crippen LogP contribution in [-0.2, 0) is 25.0 Å². The molecule has 2 N–H and O–H groups in total. The van der Waals surface area contributed by atoms with Crippen molar-refractivity contribution in [2.24, 2.45) is 0 Å². The summed E-state index contributed by atoms with van der Waals surface area (Å²) < 4.78 is 60.5. The van der Waals surface area contributed by atoms with E-state index in [2.05, 4.69) is 9.44 Å². The smallest absolute Gasteiger partial charge is 0.279 e.